The van der Waals surface area contributed by atoms with Gasteiger partial charge in [0.05, 0.1) is 22.8 Å². The molecule has 0 spiro atoms. The van der Waals surface area contributed by atoms with Crippen LogP contribution in [0.5, 0.6) is 0 Å². The number of rotatable bonds is 5. The molecule has 8 nitrogen and oxygen atoms in total. The van der Waals surface area contributed by atoms with E-state index in [4.69, 9.17) is 27.1 Å². The lowest BCUT2D eigenvalue weighted by Crippen LogP contribution is -2.50. The first-order valence-corrected chi connectivity index (χ1v) is 13.3. The Morgan fingerprint density at radius 2 is 1.92 bits per heavy atom. The third kappa shape index (κ3) is 5.26. The third-order valence-corrected chi connectivity index (χ3v) is 7.74. The lowest BCUT2D eigenvalue weighted by Gasteiger charge is -2.34. The van der Waals surface area contributed by atoms with Crippen LogP contribution in [-0.4, -0.2) is 64.6 Å². The number of ether oxygens (including phenoxy) is 1. The van der Waals surface area contributed by atoms with E-state index in [2.05, 4.69) is 17.1 Å². The fourth-order valence-corrected chi connectivity index (χ4v) is 5.59. The number of hydrogen-bond acceptors (Lipinski definition) is 6. The summed E-state index contributed by atoms with van der Waals surface area (Å²) < 4.78 is 5.22. The van der Waals surface area contributed by atoms with Crippen LogP contribution in [0.4, 0.5) is 4.79 Å². The second-order valence-electron chi connectivity index (χ2n) is 9.70. The van der Waals surface area contributed by atoms with E-state index in [0.717, 1.165) is 58.6 Å². The minimum Gasteiger partial charge on any atom is -0.449 e. The van der Waals surface area contributed by atoms with Crippen molar-refractivity contribution < 1.29 is 14.3 Å². The van der Waals surface area contributed by atoms with E-state index in [9.17, 15) is 9.59 Å². The van der Waals surface area contributed by atoms with E-state index < -0.39 is 0 Å². The number of aromatic nitrogens is 2. The van der Waals surface area contributed by atoms with E-state index in [1.807, 2.05) is 31.3 Å². The molecule has 3 heterocycles. The topological polar surface area (TPSA) is 102 Å². The summed E-state index contributed by atoms with van der Waals surface area (Å²) in [4.78, 5) is 38.1. The van der Waals surface area contributed by atoms with Crippen molar-refractivity contribution in [1.82, 2.24) is 19.8 Å². The Balaban J connectivity index is 1.34. The fraction of sp³-hybridized carbons (Fsp3) is 0.429. The number of amides is 2. The zero-order valence-electron chi connectivity index (χ0n) is 21.1. The second-order valence-corrected chi connectivity index (χ2v) is 10.1. The molecule has 9 heteroatoms. The lowest BCUT2D eigenvalue weighted by atomic mass is 9.82. The number of pyridine rings is 2. The van der Waals surface area contributed by atoms with E-state index in [1.165, 1.54) is 5.56 Å². The molecule has 0 radical (unpaired) electrons. The first-order chi connectivity index (χ1) is 18.0. The number of benzene rings is 1. The van der Waals surface area contributed by atoms with Gasteiger partial charge in [0.15, 0.2) is 0 Å². The van der Waals surface area contributed by atoms with Gasteiger partial charge in [-0.3, -0.25) is 14.8 Å². The van der Waals surface area contributed by atoms with Crippen LogP contribution < -0.4 is 5.73 Å². The molecule has 1 fully saturated rings. The zero-order valence-corrected chi connectivity index (χ0v) is 21.8. The molecule has 0 bridgehead atoms. The number of carbonyl (C=O) groups is 2. The van der Waals surface area contributed by atoms with Gasteiger partial charge in [0.25, 0.3) is 5.91 Å². The average molecular weight is 522 g/mol. The maximum absolute atomic E-state index is 13.3. The van der Waals surface area contributed by atoms with Crippen molar-refractivity contribution in [2.75, 3.05) is 32.8 Å². The Morgan fingerprint density at radius 1 is 1.14 bits per heavy atom. The van der Waals surface area contributed by atoms with Crippen LogP contribution in [0.3, 0.4) is 0 Å². The van der Waals surface area contributed by atoms with Gasteiger partial charge in [-0.25, -0.2) is 4.79 Å². The molecule has 37 heavy (non-hydrogen) atoms. The minimum absolute atomic E-state index is 0.0666. The summed E-state index contributed by atoms with van der Waals surface area (Å²) in [6.45, 7) is 4.64. The molecule has 2 aromatic heterocycles. The van der Waals surface area contributed by atoms with E-state index in [1.54, 1.807) is 9.80 Å². The Hall–Kier alpha value is -3.23. The van der Waals surface area contributed by atoms with E-state index >= 15 is 0 Å². The maximum Gasteiger partial charge on any atom is 0.409 e. The summed E-state index contributed by atoms with van der Waals surface area (Å²) in [6.07, 6.45) is 4.92. The van der Waals surface area contributed by atoms with Crippen molar-refractivity contribution in [2.45, 2.75) is 45.1 Å². The van der Waals surface area contributed by atoms with Crippen molar-refractivity contribution in [1.29, 1.82) is 0 Å². The number of piperazine rings is 1. The van der Waals surface area contributed by atoms with Gasteiger partial charge in [0.1, 0.15) is 0 Å². The van der Waals surface area contributed by atoms with E-state index in [0.29, 0.717) is 50.8 Å². The number of fused-ring (bicyclic) bond motifs is 2. The van der Waals surface area contributed by atoms with Gasteiger partial charge in [-0.1, -0.05) is 24.6 Å². The molecular formula is C28H32ClN5O3. The summed E-state index contributed by atoms with van der Waals surface area (Å²) >= 11 is 6.85. The molecule has 1 aromatic carbocycles. The van der Waals surface area contributed by atoms with Crippen LogP contribution in [0.1, 0.15) is 58.6 Å². The quantitative estimate of drug-likeness (QED) is 0.536. The number of nitrogens with zero attached hydrogens (tertiary/aromatic N) is 4. The highest BCUT2D eigenvalue weighted by Gasteiger charge is 2.27. The highest BCUT2D eigenvalue weighted by molar-refractivity contribution is 6.36. The number of nitrogens with two attached hydrogens (primary N) is 1. The molecule has 0 saturated carbocycles. The standard InChI is InChI=1S/C28H32ClN5O3/c1-2-13-37-28(36)34-11-9-33(10-12-34)27(35)20-4-6-23-25(16-20)32-24-15-18(3-5-22(24)26(23)29)19-7-8-31-21(14-19)17-30/h4,6-8,14,16,18H,2-3,5,9-13,15,17,30H2,1H3. The Bertz CT molecular complexity index is 1320. The van der Waals surface area contributed by atoms with Crippen molar-refractivity contribution in [3.63, 3.8) is 0 Å². The molecule has 1 unspecified atom stereocenters. The van der Waals surface area contributed by atoms with Crippen molar-refractivity contribution >= 4 is 34.5 Å². The highest BCUT2D eigenvalue weighted by atomic mass is 35.5. The molecule has 1 atom stereocenters. The smallest absolute Gasteiger partial charge is 0.409 e. The van der Waals surface area contributed by atoms with Crippen LogP contribution in [-0.2, 0) is 24.1 Å². The van der Waals surface area contributed by atoms with Gasteiger partial charge in [-0.2, -0.15) is 0 Å². The number of hydrogen-bond donors (Lipinski definition) is 1. The lowest BCUT2D eigenvalue weighted by molar-refractivity contribution is 0.0560. The van der Waals surface area contributed by atoms with Crippen LogP contribution >= 0.6 is 11.6 Å². The van der Waals surface area contributed by atoms with Crippen molar-refractivity contribution in [3.8, 4) is 0 Å². The minimum atomic E-state index is -0.312. The summed E-state index contributed by atoms with van der Waals surface area (Å²) in [7, 11) is 0. The molecule has 2 amide bonds. The maximum atomic E-state index is 13.3. The molecule has 2 aliphatic rings. The van der Waals surface area contributed by atoms with Crippen LogP contribution in [0.15, 0.2) is 36.5 Å². The fourth-order valence-electron chi connectivity index (χ4n) is 5.22. The molecule has 1 aliphatic carbocycles. The van der Waals surface area contributed by atoms with Gasteiger partial charge in [0.2, 0.25) is 0 Å². The number of carbonyl (C=O) groups excluding carboxylic acids is 2. The normalized spacial score (nSPS) is 17.5. The summed E-state index contributed by atoms with van der Waals surface area (Å²) in [5.41, 5.74) is 11.3. The summed E-state index contributed by atoms with van der Waals surface area (Å²) in [5.74, 6) is 0.259. The molecule has 5 rings (SSSR count). The number of halogens is 1. The zero-order chi connectivity index (χ0) is 25.9. The van der Waals surface area contributed by atoms with Gasteiger partial charge < -0.3 is 20.3 Å². The molecule has 2 N–H and O–H groups in total. The summed E-state index contributed by atoms with van der Waals surface area (Å²) in [6, 6.07) is 9.70. The van der Waals surface area contributed by atoms with Crippen LogP contribution in [0.2, 0.25) is 5.02 Å². The van der Waals surface area contributed by atoms with Crippen LogP contribution in [0, 0.1) is 0 Å². The largest absolute Gasteiger partial charge is 0.449 e. The molecular weight excluding hydrogens is 490 g/mol. The first-order valence-electron chi connectivity index (χ1n) is 12.9. The monoisotopic (exact) mass is 521 g/mol. The molecule has 194 valence electrons. The van der Waals surface area contributed by atoms with Crippen molar-refractivity contribution in [3.05, 3.63) is 69.6 Å². The highest BCUT2D eigenvalue weighted by Crippen LogP contribution is 2.38. The second kappa shape index (κ2) is 11.0. The predicted molar refractivity (Wildman–Crippen MR) is 143 cm³/mol. The van der Waals surface area contributed by atoms with Gasteiger partial charge in [0, 0.05) is 55.6 Å². The van der Waals surface area contributed by atoms with Crippen LogP contribution in [0.25, 0.3) is 10.9 Å². The molecule has 3 aromatic rings. The average Bonchev–Trinajstić information content (AvgIpc) is 2.95. The third-order valence-electron chi connectivity index (χ3n) is 7.31. The Labute approximate surface area is 221 Å². The summed E-state index contributed by atoms with van der Waals surface area (Å²) in [5, 5.41) is 1.60. The van der Waals surface area contributed by atoms with Gasteiger partial charge >= 0.3 is 6.09 Å². The van der Waals surface area contributed by atoms with Gasteiger partial charge in [-0.15, -0.1) is 0 Å². The Kier molecular flexibility index (Phi) is 7.58. The van der Waals surface area contributed by atoms with Gasteiger partial charge in [-0.05, 0) is 67.0 Å². The molecule has 1 saturated heterocycles. The predicted octanol–water partition coefficient (Wildman–Crippen LogP) is 4.32. The van der Waals surface area contributed by atoms with Crippen molar-refractivity contribution in [2.24, 2.45) is 5.73 Å². The Morgan fingerprint density at radius 3 is 2.68 bits per heavy atom. The SMILES string of the molecule is CCCOC(=O)N1CCN(C(=O)c2ccc3c(Cl)c4c(nc3c2)CC(c2ccnc(CN)c2)CC4)CC1. The first kappa shape index (κ1) is 25.4. The van der Waals surface area contributed by atoms with E-state index in [-0.39, 0.29) is 12.0 Å². The molecule has 1 aliphatic heterocycles.